The van der Waals surface area contributed by atoms with Crippen LogP contribution in [0.4, 0.5) is 0 Å². The quantitative estimate of drug-likeness (QED) is 0.618. The van der Waals surface area contributed by atoms with E-state index in [4.69, 9.17) is 10.5 Å². The molecule has 1 unspecified atom stereocenters. The molecule has 6 nitrogen and oxygen atoms in total. The Kier molecular flexibility index (Phi) is 4.42. The molecule has 19 heavy (non-hydrogen) atoms. The van der Waals surface area contributed by atoms with Crippen LogP contribution < -0.4 is 11.1 Å². The van der Waals surface area contributed by atoms with Gasteiger partial charge in [-0.15, -0.1) is 0 Å². The van der Waals surface area contributed by atoms with Crippen LogP contribution >= 0.6 is 0 Å². The normalized spacial score (nSPS) is 19.9. The van der Waals surface area contributed by atoms with Crippen molar-refractivity contribution in [2.24, 2.45) is 17.8 Å². The van der Waals surface area contributed by atoms with Gasteiger partial charge < -0.3 is 15.8 Å². The second kappa shape index (κ2) is 6.06. The molecule has 0 aromatic carbocycles. The number of aromatic nitrogens is 2. The van der Waals surface area contributed by atoms with Crippen LogP contribution in [0.25, 0.3) is 0 Å². The highest BCUT2D eigenvalue weighted by Crippen LogP contribution is 2.13. The first-order chi connectivity index (χ1) is 9.08. The van der Waals surface area contributed by atoms with Crippen LogP contribution in [0.1, 0.15) is 29.8 Å². The van der Waals surface area contributed by atoms with E-state index >= 15 is 0 Å². The summed E-state index contributed by atoms with van der Waals surface area (Å²) in [5, 5.41) is 7.48. The van der Waals surface area contributed by atoms with Crippen molar-refractivity contribution < 1.29 is 4.74 Å². The smallest absolute Gasteiger partial charge is 0.189 e. The van der Waals surface area contributed by atoms with E-state index in [1.807, 2.05) is 25.6 Å². The Morgan fingerprint density at radius 3 is 2.95 bits per heavy atom. The molecule has 1 fully saturated rings. The fourth-order valence-electron chi connectivity index (χ4n) is 2.29. The van der Waals surface area contributed by atoms with Gasteiger partial charge in [0.05, 0.1) is 18.3 Å². The van der Waals surface area contributed by atoms with E-state index < -0.39 is 0 Å². The van der Waals surface area contributed by atoms with Crippen LogP contribution in [0.5, 0.6) is 0 Å². The highest BCUT2D eigenvalue weighted by molar-refractivity contribution is 5.77. The van der Waals surface area contributed by atoms with E-state index in [1.165, 1.54) is 0 Å². The summed E-state index contributed by atoms with van der Waals surface area (Å²) in [7, 11) is 1.94. The zero-order valence-electron chi connectivity index (χ0n) is 11.9. The molecule has 1 atom stereocenters. The van der Waals surface area contributed by atoms with Gasteiger partial charge in [-0.1, -0.05) is 0 Å². The van der Waals surface area contributed by atoms with Crippen molar-refractivity contribution in [2.45, 2.75) is 39.3 Å². The van der Waals surface area contributed by atoms with E-state index in [2.05, 4.69) is 15.4 Å². The molecule has 1 aliphatic heterocycles. The van der Waals surface area contributed by atoms with Gasteiger partial charge in [0.1, 0.15) is 0 Å². The van der Waals surface area contributed by atoms with Gasteiger partial charge in [0.2, 0.25) is 0 Å². The molecule has 106 valence electrons. The van der Waals surface area contributed by atoms with Crippen LogP contribution in [0.3, 0.4) is 0 Å². The molecule has 1 aliphatic rings. The molecule has 0 aliphatic carbocycles. The summed E-state index contributed by atoms with van der Waals surface area (Å²) < 4.78 is 7.39. The number of aliphatic imine (C=N–C) groups is 1. The number of aryl methyl sites for hydroxylation is 2. The molecule has 1 aromatic heterocycles. The molecular weight excluding hydrogens is 242 g/mol. The van der Waals surface area contributed by atoms with E-state index in [0.29, 0.717) is 12.5 Å². The number of guanidine groups is 1. The lowest BCUT2D eigenvalue weighted by atomic mass is 10.2. The molecular formula is C13H23N5O. The Balaban J connectivity index is 1.86. The predicted octanol–water partition coefficient (Wildman–Crippen LogP) is 0.620. The summed E-state index contributed by atoms with van der Waals surface area (Å²) in [4.78, 5) is 4.36. The lowest BCUT2D eigenvalue weighted by Gasteiger charge is -2.11. The van der Waals surface area contributed by atoms with Gasteiger partial charge in [0, 0.05) is 31.5 Å². The van der Waals surface area contributed by atoms with Gasteiger partial charge in [-0.3, -0.25) is 4.68 Å². The Morgan fingerprint density at radius 2 is 2.37 bits per heavy atom. The Labute approximate surface area is 114 Å². The Bertz CT molecular complexity index is 460. The first-order valence-corrected chi connectivity index (χ1v) is 6.72. The second-order valence-electron chi connectivity index (χ2n) is 4.99. The first kappa shape index (κ1) is 13.9. The van der Waals surface area contributed by atoms with Crippen molar-refractivity contribution in [1.29, 1.82) is 0 Å². The maximum absolute atomic E-state index is 5.86. The Morgan fingerprint density at radius 1 is 1.58 bits per heavy atom. The number of hydrogen-bond acceptors (Lipinski definition) is 3. The van der Waals surface area contributed by atoms with Crippen molar-refractivity contribution in [3.05, 3.63) is 17.0 Å². The zero-order valence-corrected chi connectivity index (χ0v) is 11.9. The standard InChI is InChI=1S/C13H23N5O/c1-9-12(10(2)18(3)17-9)8-16-13(14)15-7-11-5-4-6-19-11/h11H,4-8H2,1-3H3,(H3,14,15,16). The minimum Gasteiger partial charge on any atom is -0.376 e. The number of ether oxygens (including phenoxy) is 1. The Hall–Kier alpha value is -1.56. The van der Waals surface area contributed by atoms with E-state index in [-0.39, 0.29) is 6.10 Å². The molecule has 1 aromatic rings. The number of hydrogen-bond donors (Lipinski definition) is 2. The van der Waals surface area contributed by atoms with Crippen molar-refractivity contribution >= 4 is 5.96 Å². The van der Waals surface area contributed by atoms with Crippen LogP contribution in [0.2, 0.25) is 0 Å². The molecule has 2 heterocycles. The average molecular weight is 265 g/mol. The van der Waals surface area contributed by atoms with E-state index in [1.54, 1.807) is 0 Å². The topological polar surface area (TPSA) is 77.5 Å². The highest BCUT2D eigenvalue weighted by Gasteiger charge is 2.15. The van der Waals surface area contributed by atoms with Gasteiger partial charge in [-0.05, 0) is 26.7 Å². The van der Waals surface area contributed by atoms with Gasteiger partial charge in [0.25, 0.3) is 0 Å². The molecule has 0 bridgehead atoms. The molecule has 6 heteroatoms. The first-order valence-electron chi connectivity index (χ1n) is 6.72. The minimum atomic E-state index is 0.274. The van der Waals surface area contributed by atoms with Crippen LogP contribution in [-0.4, -0.2) is 35.0 Å². The van der Waals surface area contributed by atoms with Gasteiger partial charge >= 0.3 is 0 Å². The van der Waals surface area contributed by atoms with Crippen LogP contribution in [0.15, 0.2) is 4.99 Å². The molecule has 0 saturated carbocycles. The summed E-state index contributed by atoms with van der Waals surface area (Å²) in [6.07, 6.45) is 2.51. The number of nitrogens with zero attached hydrogens (tertiary/aromatic N) is 3. The van der Waals surface area contributed by atoms with E-state index in [9.17, 15) is 0 Å². The summed E-state index contributed by atoms with van der Waals surface area (Å²) in [5.74, 6) is 0.471. The SMILES string of the molecule is Cc1nn(C)c(C)c1CN=C(N)NCC1CCCO1. The third kappa shape index (κ3) is 3.47. The number of nitrogens with one attached hydrogen (secondary N) is 1. The monoisotopic (exact) mass is 265 g/mol. The van der Waals surface area contributed by atoms with Crippen molar-refractivity contribution in [3.8, 4) is 0 Å². The molecule has 0 amide bonds. The summed E-state index contributed by atoms with van der Waals surface area (Å²) in [5.41, 5.74) is 9.15. The molecule has 1 saturated heterocycles. The van der Waals surface area contributed by atoms with Crippen molar-refractivity contribution in [3.63, 3.8) is 0 Å². The maximum Gasteiger partial charge on any atom is 0.189 e. The largest absolute Gasteiger partial charge is 0.376 e. The lowest BCUT2D eigenvalue weighted by Crippen LogP contribution is -2.37. The van der Waals surface area contributed by atoms with Crippen LogP contribution in [-0.2, 0) is 18.3 Å². The van der Waals surface area contributed by atoms with Crippen molar-refractivity contribution in [2.75, 3.05) is 13.2 Å². The van der Waals surface area contributed by atoms with Gasteiger partial charge in [-0.2, -0.15) is 5.10 Å². The average Bonchev–Trinajstić information content (AvgIpc) is 2.96. The third-order valence-electron chi connectivity index (χ3n) is 3.60. The summed E-state index contributed by atoms with van der Waals surface area (Å²) >= 11 is 0. The third-order valence-corrected chi connectivity index (χ3v) is 3.60. The summed E-state index contributed by atoms with van der Waals surface area (Å²) in [6, 6.07) is 0. The fourth-order valence-corrected chi connectivity index (χ4v) is 2.29. The van der Waals surface area contributed by atoms with Crippen LogP contribution in [0, 0.1) is 13.8 Å². The fraction of sp³-hybridized carbons (Fsp3) is 0.692. The minimum absolute atomic E-state index is 0.274. The van der Waals surface area contributed by atoms with Gasteiger partial charge in [-0.25, -0.2) is 4.99 Å². The highest BCUT2D eigenvalue weighted by atomic mass is 16.5. The molecule has 2 rings (SSSR count). The van der Waals surface area contributed by atoms with E-state index in [0.717, 1.165) is 42.9 Å². The second-order valence-corrected chi connectivity index (χ2v) is 4.99. The number of rotatable bonds is 4. The molecule has 0 spiro atoms. The number of nitrogens with two attached hydrogens (primary N) is 1. The van der Waals surface area contributed by atoms with Gasteiger partial charge in [0.15, 0.2) is 5.96 Å². The predicted molar refractivity (Wildman–Crippen MR) is 75.0 cm³/mol. The van der Waals surface area contributed by atoms with Crippen molar-refractivity contribution in [1.82, 2.24) is 15.1 Å². The zero-order chi connectivity index (χ0) is 13.8. The molecule has 0 radical (unpaired) electrons. The maximum atomic E-state index is 5.86. The molecule has 3 N–H and O–H groups in total. The lowest BCUT2D eigenvalue weighted by molar-refractivity contribution is 0.114. The summed E-state index contributed by atoms with van der Waals surface area (Å²) in [6.45, 7) is 6.20.